The fraction of sp³-hybridized carbons (Fsp3) is 0.308. The van der Waals surface area contributed by atoms with E-state index in [2.05, 4.69) is 27.6 Å². The summed E-state index contributed by atoms with van der Waals surface area (Å²) in [4.78, 5) is 41.2. The molecule has 186 valence electrons. The first kappa shape index (κ1) is 24.6. The van der Waals surface area contributed by atoms with Gasteiger partial charge in [-0.2, -0.15) is 0 Å². The number of nitrogens with zero attached hydrogens (tertiary/aromatic N) is 3. The lowest BCUT2D eigenvalue weighted by atomic mass is 9.99. The van der Waals surface area contributed by atoms with Crippen molar-refractivity contribution < 1.29 is 24.3 Å². The molecule has 10 nitrogen and oxygen atoms in total. The van der Waals surface area contributed by atoms with Gasteiger partial charge in [-0.15, -0.1) is 0 Å². The molecule has 1 saturated heterocycles. The zero-order valence-electron chi connectivity index (χ0n) is 20.3. The normalized spacial score (nSPS) is 18.8. The van der Waals surface area contributed by atoms with E-state index in [1.807, 2.05) is 18.9 Å². The number of amides is 4. The first-order chi connectivity index (χ1) is 17.3. The SMILES string of the molecule is CCCN(C)/C(=N/O)c1ccc(C#C[C@]2(CN3Cc4ccc(OC)cc4C3=O)NC(=O)NC2=O)cc1. The Morgan fingerprint density at radius 1 is 1.22 bits per heavy atom. The van der Waals surface area contributed by atoms with Crippen LogP contribution in [0.3, 0.4) is 0 Å². The van der Waals surface area contributed by atoms with E-state index in [1.54, 1.807) is 42.5 Å². The summed E-state index contributed by atoms with van der Waals surface area (Å²) >= 11 is 0. The monoisotopic (exact) mass is 489 g/mol. The quantitative estimate of drug-likeness (QED) is 0.142. The summed E-state index contributed by atoms with van der Waals surface area (Å²) < 4.78 is 5.21. The average Bonchev–Trinajstić information content (AvgIpc) is 3.33. The minimum Gasteiger partial charge on any atom is -0.497 e. The molecular weight excluding hydrogens is 462 g/mol. The topological polar surface area (TPSA) is 124 Å². The van der Waals surface area contributed by atoms with Crippen molar-refractivity contribution in [1.82, 2.24) is 20.4 Å². The molecular formula is C26H27N5O5. The Labute approximate surface area is 208 Å². The molecule has 0 spiro atoms. The molecule has 4 amide bonds. The van der Waals surface area contributed by atoms with Gasteiger partial charge in [-0.25, -0.2) is 4.79 Å². The number of oxime groups is 1. The Kier molecular flexibility index (Phi) is 6.83. The molecule has 4 rings (SSSR count). The Hall–Kier alpha value is -4.52. The third-order valence-electron chi connectivity index (χ3n) is 6.14. The molecule has 10 heteroatoms. The van der Waals surface area contributed by atoms with E-state index in [1.165, 1.54) is 12.0 Å². The number of imide groups is 1. The van der Waals surface area contributed by atoms with Crippen molar-refractivity contribution in [2.24, 2.45) is 5.16 Å². The number of urea groups is 1. The third kappa shape index (κ3) is 4.68. The van der Waals surface area contributed by atoms with Gasteiger partial charge in [-0.1, -0.05) is 30.0 Å². The summed E-state index contributed by atoms with van der Waals surface area (Å²) in [6.07, 6.45) is 0.896. The van der Waals surface area contributed by atoms with E-state index in [0.717, 1.165) is 18.5 Å². The highest BCUT2D eigenvalue weighted by Gasteiger charge is 2.48. The summed E-state index contributed by atoms with van der Waals surface area (Å²) in [5.41, 5.74) is 0.988. The number of carbonyl (C=O) groups excluding carboxylic acids is 3. The van der Waals surface area contributed by atoms with Crippen molar-refractivity contribution in [3.8, 4) is 17.6 Å². The minimum absolute atomic E-state index is 0.116. The van der Waals surface area contributed by atoms with Crippen molar-refractivity contribution in [2.45, 2.75) is 25.4 Å². The predicted octanol–water partition coefficient (Wildman–Crippen LogP) is 1.76. The highest BCUT2D eigenvalue weighted by Crippen LogP contribution is 2.28. The molecule has 2 heterocycles. The molecule has 0 unspecified atom stereocenters. The molecule has 36 heavy (non-hydrogen) atoms. The molecule has 0 saturated carbocycles. The van der Waals surface area contributed by atoms with Crippen molar-refractivity contribution in [1.29, 1.82) is 0 Å². The molecule has 0 aliphatic carbocycles. The largest absolute Gasteiger partial charge is 0.497 e. The third-order valence-corrected chi connectivity index (χ3v) is 6.14. The highest BCUT2D eigenvalue weighted by molar-refractivity contribution is 6.10. The van der Waals surface area contributed by atoms with Crippen molar-refractivity contribution in [2.75, 3.05) is 27.2 Å². The molecule has 2 aliphatic rings. The number of fused-ring (bicyclic) bond motifs is 1. The van der Waals surface area contributed by atoms with Gasteiger partial charge in [0.25, 0.3) is 11.8 Å². The molecule has 0 bridgehead atoms. The first-order valence-electron chi connectivity index (χ1n) is 11.5. The van der Waals surface area contributed by atoms with E-state index < -0.39 is 17.5 Å². The van der Waals surface area contributed by atoms with E-state index in [0.29, 0.717) is 28.3 Å². The molecule has 1 atom stereocenters. The van der Waals surface area contributed by atoms with Crippen LogP contribution < -0.4 is 15.4 Å². The van der Waals surface area contributed by atoms with Crippen LogP contribution in [0.2, 0.25) is 0 Å². The van der Waals surface area contributed by atoms with Crippen LogP contribution in [-0.2, 0) is 11.3 Å². The summed E-state index contributed by atoms with van der Waals surface area (Å²) in [5, 5.41) is 17.7. The maximum atomic E-state index is 13.0. The van der Waals surface area contributed by atoms with Crippen molar-refractivity contribution in [3.63, 3.8) is 0 Å². The second-order valence-corrected chi connectivity index (χ2v) is 8.67. The number of benzene rings is 2. The Balaban J connectivity index is 1.58. The first-order valence-corrected chi connectivity index (χ1v) is 11.5. The van der Waals surface area contributed by atoms with Crippen molar-refractivity contribution in [3.05, 3.63) is 64.7 Å². The number of amidine groups is 1. The second-order valence-electron chi connectivity index (χ2n) is 8.67. The van der Waals surface area contributed by atoms with Crippen LogP contribution >= 0.6 is 0 Å². The number of hydrogen-bond acceptors (Lipinski definition) is 6. The van der Waals surface area contributed by atoms with E-state index in [-0.39, 0.29) is 19.0 Å². The number of methoxy groups -OCH3 is 1. The summed E-state index contributed by atoms with van der Waals surface area (Å²) in [5.74, 6) is 5.94. The van der Waals surface area contributed by atoms with E-state index >= 15 is 0 Å². The van der Waals surface area contributed by atoms with Gasteiger partial charge in [-0.05, 0) is 48.4 Å². The fourth-order valence-electron chi connectivity index (χ4n) is 4.29. The van der Waals surface area contributed by atoms with Crippen molar-refractivity contribution >= 4 is 23.7 Å². The zero-order valence-corrected chi connectivity index (χ0v) is 20.3. The van der Waals surface area contributed by atoms with Gasteiger partial charge in [0.1, 0.15) is 5.75 Å². The van der Waals surface area contributed by atoms with Gasteiger partial charge in [-0.3, -0.25) is 14.9 Å². The highest BCUT2D eigenvalue weighted by atomic mass is 16.5. The number of rotatable bonds is 6. The lowest BCUT2D eigenvalue weighted by molar-refractivity contribution is -0.122. The van der Waals surface area contributed by atoms with Gasteiger partial charge in [0.15, 0.2) is 5.84 Å². The van der Waals surface area contributed by atoms with Gasteiger partial charge >= 0.3 is 6.03 Å². The predicted molar refractivity (Wildman–Crippen MR) is 132 cm³/mol. The zero-order chi connectivity index (χ0) is 25.9. The van der Waals surface area contributed by atoms with Crippen LogP contribution in [0.4, 0.5) is 4.79 Å². The fourth-order valence-corrected chi connectivity index (χ4v) is 4.29. The number of hydrogen-bond donors (Lipinski definition) is 3. The van der Waals surface area contributed by atoms with Gasteiger partial charge in [0.2, 0.25) is 5.54 Å². The molecule has 2 aromatic carbocycles. The molecule has 2 aromatic rings. The van der Waals surface area contributed by atoms with E-state index in [9.17, 15) is 19.6 Å². The van der Waals surface area contributed by atoms with Crippen LogP contribution in [0, 0.1) is 11.8 Å². The molecule has 1 fully saturated rings. The lowest BCUT2D eigenvalue weighted by Crippen LogP contribution is -2.54. The summed E-state index contributed by atoms with van der Waals surface area (Å²) in [7, 11) is 3.36. The standard InChI is InChI=1S/C26H27N5O5/c1-4-13-30(2)22(29-35)18-7-5-17(6-8-18)11-12-26(24(33)27-25(34)28-26)16-31-15-19-9-10-20(36-3)14-21(19)23(31)32/h5-10,14,35H,4,13,15-16H2,1-3H3,(H2,27,28,33,34)/b29-22+/t26-/m1/s1. The van der Waals surface area contributed by atoms with Gasteiger partial charge in [0.05, 0.1) is 13.7 Å². The molecule has 0 aromatic heterocycles. The summed E-state index contributed by atoms with van der Waals surface area (Å²) in [6, 6.07) is 11.6. The Morgan fingerprint density at radius 2 is 1.97 bits per heavy atom. The lowest BCUT2D eigenvalue weighted by Gasteiger charge is -2.26. The van der Waals surface area contributed by atoms with E-state index in [4.69, 9.17) is 4.74 Å². The summed E-state index contributed by atoms with van der Waals surface area (Å²) in [6.45, 7) is 2.93. The number of carbonyl (C=O) groups is 3. The number of ether oxygens (including phenoxy) is 1. The van der Waals surface area contributed by atoms with Crippen LogP contribution in [0.25, 0.3) is 0 Å². The molecule has 0 radical (unpaired) electrons. The van der Waals surface area contributed by atoms with Crippen LogP contribution in [0.15, 0.2) is 47.6 Å². The molecule has 3 N–H and O–H groups in total. The van der Waals surface area contributed by atoms with Crippen LogP contribution in [-0.4, -0.2) is 71.5 Å². The molecule has 2 aliphatic heterocycles. The van der Waals surface area contributed by atoms with Gasteiger partial charge in [0, 0.05) is 36.8 Å². The Morgan fingerprint density at radius 3 is 2.58 bits per heavy atom. The minimum atomic E-state index is -1.60. The second kappa shape index (κ2) is 10.00. The van der Waals surface area contributed by atoms with Crippen LogP contribution in [0.5, 0.6) is 5.75 Å². The maximum absolute atomic E-state index is 13.0. The van der Waals surface area contributed by atoms with Gasteiger partial charge < -0.3 is 25.1 Å². The smallest absolute Gasteiger partial charge is 0.323 e. The van der Waals surface area contributed by atoms with Crippen LogP contribution in [0.1, 0.15) is 40.4 Å². The maximum Gasteiger partial charge on any atom is 0.323 e. The average molecular weight is 490 g/mol. The Bertz CT molecular complexity index is 1290. The number of nitrogens with one attached hydrogen (secondary N) is 2.